The Morgan fingerprint density at radius 2 is 1.40 bits per heavy atom. The minimum Gasteiger partial charge on any atom is -0.330 e. The van der Waals surface area contributed by atoms with Crippen molar-refractivity contribution in [1.82, 2.24) is 5.06 Å². The fourth-order valence-electron chi connectivity index (χ4n) is 0.659. The first-order valence-electron chi connectivity index (χ1n) is 3.65. The van der Waals surface area contributed by atoms with E-state index in [1.54, 1.807) is 0 Å². The zero-order chi connectivity index (χ0) is 7.82. The molecule has 0 aromatic heterocycles. The molecule has 0 heterocycles. The second-order valence-corrected chi connectivity index (χ2v) is 2.24. The molecule has 5 N–H and O–H groups in total. The quantitative estimate of drug-likeness (QED) is 0.437. The molecule has 0 atom stereocenters. The van der Waals surface area contributed by atoms with Gasteiger partial charge in [0.15, 0.2) is 0 Å². The average molecular weight is 147 g/mol. The van der Waals surface area contributed by atoms with Crippen molar-refractivity contribution in [2.45, 2.75) is 12.8 Å². The van der Waals surface area contributed by atoms with Crippen LogP contribution in [0.2, 0.25) is 0 Å². The third-order valence-electron chi connectivity index (χ3n) is 1.24. The van der Waals surface area contributed by atoms with Gasteiger partial charge in [0.05, 0.1) is 0 Å². The van der Waals surface area contributed by atoms with Crippen molar-refractivity contribution in [3.8, 4) is 0 Å². The lowest BCUT2D eigenvalue weighted by atomic mass is 10.4. The van der Waals surface area contributed by atoms with Crippen LogP contribution in [0.25, 0.3) is 0 Å². The van der Waals surface area contributed by atoms with E-state index in [9.17, 15) is 0 Å². The number of hydrogen-bond acceptors (Lipinski definition) is 4. The van der Waals surface area contributed by atoms with Crippen molar-refractivity contribution in [3.63, 3.8) is 0 Å². The van der Waals surface area contributed by atoms with Crippen LogP contribution in [0.3, 0.4) is 0 Å². The van der Waals surface area contributed by atoms with Crippen LogP contribution in [-0.4, -0.2) is 36.4 Å². The van der Waals surface area contributed by atoms with Crippen molar-refractivity contribution >= 4 is 0 Å². The molecule has 0 aromatic carbocycles. The van der Waals surface area contributed by atoms with Gasteiger partial charge in [0.25, 0.3) is 0 Å². The number of nitrogens with two attached hydrogens (primary N) is 2. The van der Waals surface area contributed by atoms with Gasteiger partial charge in [0, 0.05) is 13.1 Å². The summed E-state index contributed by atoms with van der Waals surface area (Å²) in [5.41, 5.74) is 10.5. The molecule has 0 radical (unpaired) electrons. The van der Waals surface area contributed by atoms with Gasteiger partial charge in [-0.3, -0.25) is 0 Å². The van der Waals surface area contributed by atoms with Crippen molar-refractivity contribution in [3.05, 3.63) is 0 Å². The number of hydroxylamine groups is 2. The van der Waals surface area contributed by atoms with Gasteiger partial charge in [-0.25, -0.2) is 0 Å². The van der Waals surface area contributed by atoms with E-state index in [1.165, 1.54) is 5.06 Å². The molecule has 0 saturated heterocycles. The van der Waals surface area contributed by atoms with Gasteiger partial charge in [0.2, 0.25) is 0 Å². The highest BCUT2D eigenvalue weighted by Gasteiger charge is 1.96. The Morgan fingerprint density at radius 1 is 1.00 bits per heavy atom. The number of hydrogen-bond donors (Lipinski definition) is 3. The molecule has 0 amide bonds. The molecule has 62 valence electrons. The van der Waals surface area contributed by atoms with Crippen LogP contribution in [0.15, 0.2) is 0 Å². The lowest BCUT2D eigenvalue weighted by Crippen LogP contribution is -2.25. The Kier molecular flexibility index (Phi) is 6.84. The number of rotatable bonds is 6. The fourth-order valence-corrected chi connectivity index (χ4v) is 0.659. The second-order valence-electron chi connectivity index (χ2n) is 2.24. The van der Waals surface area contributed by atoms with Crippen molar-refractivity contribution in [1.29, 1.82) is 0 Å². The fraction of sp³-hybridized carbons (Fsp3) is 1.00. The highest BCUT2D eigenvalue weighted by Crippen LogP contribution is 1.86. The summed E-state index contributed by atoms with van der Waals surface area (Å²) < 4.78 is 0. The second kappa shape index (κ2) is 6.95. The van der Waals surface area contributed by atoms with Crippen LogP contribution in [0.5, 0.6) is 0 Å². The molecule has 0 spiro atoms. The molecule has 0 fully saturated rings. The molecule has 0 aliphatic rings. The van der Waals surface area contributed by atoms with E-state index in [0.717, 1.165) is 12.8 Å². The van der Waals surface area contributed by atoms with Gasteiger partial charge in [-0.1, -0.05) is 0 Å². The molecular formula is C6H17N3O. The van der Waals surface area contributed by atoms with Gasteiger partial charge in [-0.05, 0) is 25.9 Å². The topological polar surface area (TPSA) is 75.5 Å². The molecule has 0 aliphatic heterocycles. The van der Waals surface area contributed by atoms with E-state index in [-0.39, 0.29) is 0 Å². The Bertz CT molecular complexity index is 62.0. The molecule has 4 nitrogen and oxygen atoms in total. The zero-order valence-electron chi connectivity index (χ0n) is 6.29. The Morgan fingerprint density at radius 3 is 1.70 bits per heavy atom. The van der Waals surface area contributed by atoms with Crippen LogP contribution < -0.4 is 11.5 Å². The smallest absolute Gasteiger partial charge is 0.0250 e. The van der Waals surface area contributed by atoms with Crippen molar-refractivity contribution < 1.29 is 5.21 Å². The van der Waals surface area contributed by atoms with Gasteiger partial charge in [0.1, 0.15) is 0 Å². The summed E-state index contributed by atoms with van der Waals surface area (Å²) in [5.74, 6) is 0. The monoisotopic (exact) mass is 147 g/mol. The summed E-state index contributed by atoms with van der Waals surface area (Å²) in [5, 5.41) is 10.3. The molecule has 0 bridgehead atoms. The van der Waals surface area contributed by atoms with Crippen LogP contribution in [0, 0.1) is 0 Å². The molecular weight excluding hydrogens is 130 g/mol. The lowest BCUT2D eigenvalue weighted by Gasteiger charge is -2.12. The Balaban J connectivity index is 3.00. The van der Waals surface area contributed by atoms with Crippen LogP contribution >= 0.6 is 0 Å². The summed E-state index contributed by atoms with van der Waals surface area (Å²) in [7, 11) is 0. The normalized spacial score (nSPS) is 10.8. The third-order valence-corrected chi connectivity index (χ3v) is 1.24. The van der Waals surface area contributed by atoms with Crippen LogP contribution in [0.1, 0.15) is 12.8 Å². The molecule has 0 aliphatic carbocycles. The highest BCUT2D eigenvalue weighted by molar-refractivity contribution is 4.47. The summed E-state index contributed by atoms with van der Waals surface area (Å²) in [6.07, 6.45) is 1.67. The van der Waals surface area contributed by atoms with E-state index in [0.29, 0.717) is 26.2 Å². The minimum absolute atomic E-state index is 0.625. The van der Waals surface area contributed by atoms with Crippen molar-refractivity contribution in [2.24, 2.45) is 11.5 Å². The first-order valence-corrected chi connectivity index (χ1v) is 3.65. The minimum atomic E-state index is 0.625. The third kappa shape index (κ3) is 5.97. The highest BCUT2D eigenvalue weighted by atomic mass is 16.5. The van der Waals surface area contributed by atoms with Gasteiger partial charge in [-0.2, -0.15) is 5.06 Å². The standard InChI is InChI=1S/C6H17N3O/c7-3-1-5-9(10)6-2-4-8/h10H,1-8H2. The summed E-state index contributed by atoms with van der Waals surface area (Å²) in [6, 6.07) is 0. The van der Waals surface area contributed by atoms with E-state index in [1.807, 2.05) is 0 Å². The maximum atomic E-state index is 9.03. The van der Waals surface area contributed by atoms with Crippen LogP contribution in [0.4, 0.5) is 0 Å². The van der Waals surface area contributed by atoms with Gasteiger partial charge < -0.3 is 16.7 Å². The first kappa shape index (κ1) is 9.84. The van der Waals surface area contributed by atoms with Crippen LogP contribution in [-0.2, 0) is 0 Å². The molecule has 0 saturated carbocycles. The lowest BCUT2D eigenvalue weighted by molar-refractivity contribution is -0.0908. The molecule has 0 rings (SSSR count). The first-order chi connectivity index (χ1) is 4.81. The summed E-state index contributed by atoms with van der Waals surface area (Å²) in [6.45, 7) is 2.55. The Hall–Kier alpha value is -0.160. The SMILES string of the molecule is NCCCN(O)CCCN. The molecule has 0 aromatic rings. The predicted molar refractivity (Wildman–Crippen MR) is 40.7 cm³/mol. The van der Waals surface area contributed by atoms with E-state index in [4.69, 9.17) is 16.7 Å². The predicted octanol–water partition coefficient (Wildman–Crippen LogP) is -0.625. The summed E-state index contributed by atoms with van der Waals surface area (Å²) >= 11 is 0. The van der Waals surface area contributed by atoms with E-state index >= 15 is 0 Å². The average Bonchev–Trinajstić information content (AvgIpc) is 1.97. The van der Waals surface area contributed by atoms with Gasteiger partial charge >= 0.3 is 0 Å². The molecule has 4 heteroatoms. The van der Waals surface area contributed by atoms with E-state index < -0.39 is 0 Å². The summed E-state index contributed by atoms with van der Waals surface area (Å²) in [4.78, 5) is 0. The molecule has 10 heavy (non-hydrogen) atoms. The Labute approximate surface area is 61.8 Å². The maximum absolute atomic E-state index is 9.03. The van der Waals surface area contributed by atoms with E-state index in [2.05, 4.69) is 0 Å². The zero-order valence-corrected chi connectivity index (χ0v) is 6.29. The molecule has 0 unspecified atom stereocenters. The maximum Gasteiger partial charge on any atom is 0.0250 e. The number of nitrogens with zero attached hydrogens (tertiary/aromatic N) is 1. The van der Waals surface area contributed by atoms with Gasteiger partial charge in [-0.15, -0.1) is 0 Å². The largest absolute Gasteiger partial charge is 0.330 e. The van der Waals surface area contributed by atoms with Crippen molar-refractivity contribution in [2.75, 3.05) is 26.2 Å².